The maximum Gasteiger partial charge on any atom is 0.588 e. The van der Waals surface area contributed by atoms with Gasteiger partial charge in [-0.05, 0) is 36.4 Å². The molecule has 0 aromatic heterocycles. The van der Waals surface area contributed by atoms with E-state index >= 15 is 0 Å². The number of benzene rings is 3. The zero-order valence-electron chi connectivity index (χ0n) is 15.0. The molecular weight excluding hydrogens is 397 g/mol. The van der Waals surface area contributed by atoms with Gasteiger partial charge in [-0.1, -0.05) is 36.4 Å². The molecule has 9 heteroatoms. The van der Waals surface area contributed by atoms with Gasteiger partial charge in [-0.25, -0.2) is 4.57 Å². The largest absolute Gasteiger partial charge is 0.588 e. The molecule has 0 fully saturated rings. The third-order valence-corrected chi connectivity index (χ3v) is 4.99. The molecule has 0 radical (unpaired) electrons. The molecule has 0 aliphatic heterocycles. The molecule has 0 heterocycles. The molecule has 0 unspecified atom stereocenters. The summed E-state index contributed by atoms with van der Waals surface area (Å²) in [5.74, 6) is -0.0439. The third-order valence-electron chi connectivity index (χ3n) is 3.67. The van der Waals surface area contributed by atoms with Gasteiger partial charge >= 0.3 is 7.82 Å². The number of phosphoric acid groups is 1. The van der Waals surface area contributed by atoms with E-state index in [0.29, 0.717) is 0 Å². The summed E-state index contributed by atoms with van der Waals surface area (Å²) >= 11 is 0. The second-order valence-corrected chi connectivity index (χ2v) is 7.27. The fourth-order valence-corrected chi connectivity index (χ4v) is 3.46. The highest BCUT2D eigenvalue weighted by atomic mass is 31.2. The lowest BCUT2D eigenvalue weighted by atomic mass is 10.1. The van der Waals surface area contributed by atoms with Crippen molar-refractivity contribution in [1.29, 1.82) is 0 Å². The quantitative estimate of drug-likeness (QED) is 0.209. The lowest BCUT2D eigenvalue weighted by Gasteiger charge is -2.18. The first-order chi connectivity index (χ1) is 14.0. The molecule has 3 aromatic carbocycles. The average Bonchev–Trinajstić information content (AvgIpc) is 2.73. The van der Waals surface area contributed by atoms with Gasteiger partial charge in [-0.2, -0.15) is 0 Å². The number of rotatable bonds is 9. The first kappa shape index (κ1) is 20.3. The van der Waals surface area contributed by atoms with E-state index in [2.05, 4.69) is 0 Å². The van der Waals surface area contributed by atoms with E-state index < -0.39 is 25.1 Å². The first-order valence-electron chi connectivity index (χ1n) is 8.47. The van der Waals surface area contributed by atoms with Crippen LogP contribution in [0.2, 0.25) is 0 Å². The van der Waals surface area contributed by atoms with Crippen molar-refractivity contribution >= 4 is 19.3 Å². The smallest absolute Gasteiger partial charge is 0.395 e. The minimum absolute atomic E-state index is 0.145. The summed E-state index contributed by atoms with van der Waals surface area (Å²) < 4.78 is 29.2. The van der Waals surface area contributed by atoms with Crippen LogP contribution in [0.3, 0.4) is 0 Å². The number of phosphoric ester groups is 1. The predicted octanol–water partition coefficient (Wildman–Crippen LogP) is 5.06. The number of nitrogens with zero attached hydrogens (tertiary/aromatic N) is 1. The number of carbonyl (C=O) groups is 1. The molecule has 3 aromatic rings. The molecular formula is C20H16NO7P. The summed E-state index contributed by atoms with van der Waals surface area (Å²) in [5, 5.41) is 10.7. The van der Waals surface area contributed by atoms with Crippen LogP contribution < -0.4 is 9.05 Å². The number of ketones is 1. The van der Waals surface area contributed by atoms with Crippen LogP contribution in [0.1, 0.15) is 10.4 Å². The fourth-order valence-electron chi connectivity index (χ4n) is 2.28. The summed E-state index contributed by atoms with van der Waals surface area (Å²) in [5.41, 5.74) is 0.0227. The normalized spacial score (nSPS) is 10.9. The van der Waals surface area contributed by atoms with E-state index in [1.807, 2.05) is 0 Å². The number of hydrogen-bond acceptors (Lipinski definition) is 7. The molecule has 8 nitrogen and oxygen atoms in total. The maximum atomic E-state index is 13.1. The van der Waals surface area contributed by atoms with Gasteiger partial charge in [0.1, 0.15) is 18.1 Å². The SMILES string of the molecule is O=C(COP(=O)(Oc1ccccc1)Oc1ccccc1)c1ccc([N+](=O)[O-])cc1. The minimum Gasteiger partial charge on any atom is -0.395 e. The van der Waals surface area contributed by atoms with Crippen molar-refractivity contribution in [2.45, 2.75) is 0 Å². The van der Waals surface area contributed by atoms with Gasteiger partial charge in [0, 0.05) is 17.7 Å². The van der Waals surface area contributed by atoms with Crippen LogP contribution in [-0.2, 0) is 9.09 Å². The van der Waals surface area contributed by atoms with E-state index in [4.69, 9.17) is 13.6 Å². The molecule has 0 aliphatic rings. The standard InChI is InChI=1S/C20H16NO7P/c22-20(16-11-13-17(14-12-16)21(23)24)15-26-29(25,27-18-7-3-1-4-8-18)28-19-9-5-2-6-10-19/h1-14H,15H2. The van der Waals surface area contributed by atoms with Crippen LogP contribution in [0.25, 0.3) is 0 Å². The molecule has 0 atom stereocenters. The van der Waals surface area contributed by atoms with Crippen LogP contribution in [0.5, 0.6) is 11.5 Å². The monoisotopic (exact) mass is 413 g/mol. The van der Waals surface area contributed by atoms with Gasteiger partial charge in [-0.3, -0.25) is 19.4 Å². The summed E-state index contributed by atoms with van der Waals surface area (Å²) in [6.07, 6.45) is 0. The highest BCUT2D eigenvalue weighted by Crippen LogP contribution is 2.49. The highest BCUT2D eigenvalue weighted by Gasteiger charge is 2.32. The van der Waals surface area contributed by atoms with Crippen LogP contribution in [0.15, 0.2) is 84.9 Å². The van der Waals surface area contributed by atoms with E-state index in [1.165, 1.54) is 24.3 Å². The topological polar surface area (TPSA) is 105 Å². The second kappa shape index (κ2) is 9.14. The summed E-state index contributed by atoms with van der Waals surface area (Å²) in [6, 6.07) is 21.5. The number of para-hydroxylation sites is 2. The van der Waals surface area contributed by atoms with Crippen LogP contribution in [0.4, 0.5) is 5.69 Å². The Balaban J connectivity index is 1.74. The van der Waals surface area contributed by atoms with Crippen molar-refractivity contribution in [3.63, 3.8) is 0 Å². The Hall–Kier alpha value is -3.48. The van der Waals surface area contributed by atoms with Crippen LogP contribution in [-0.4, -0.2) is 17.3 Å². The maximum absolute atomic E-state index is 13.1. The molecule has 148 valence electrons. The summed E-state index contributed by atoms with van der Waals surface area (Å²) in [6.45, 7) is -0.602. The van der Waals surface area contributed by atoms with Crippen molar-refractivity contribution in [2.75, 3.05) is 6.61 Å². The zero-order valence-corrected chi connectivity index (χ0v) is 15.9. The number of carbonyl (C=O) groups excluding carboxylic acids is 1. The molecule has 0 amide bonds. The third kappa shape index (κ3) is 5.75. The lowest BCUT2D eigenvalue weighted by Crippen LogP contribution is -2.12. The van der Waals surface area contributed by atoms with E-state index in [-0.39, 0.29) is 22.7 Å². The van der Waals surface area contributed by atoms with Gasteiger partial charge < -0.3 is 9.05 Å². The van der Waals surface area contributed by atoms with Crippen molar-refractivity contribution in [3.8, 4) is 11.5 Å². The van der Waals surface area contributed by atoms with E-state index in [1.54, 1.807) is 60.7 Å². The fraction of sp³-hybridized carbons (Fsp3) is 0.0500. The Kier molecular flexibility index (Phi) is 6.39. The van der Waals surface area contributed by atoms with Crippen LogP contribution in [0, 0.1) is 10.1 Å². The van der Waals surface area contributed by atoms with Crippen molar-refractivity contribution < 1.29 is 27.9 Å². The van der Waals surface area contributed by atoms with E-state index in [0.717, 1.165) is 0 Å². The summed E-state index contributed by atoms with van der Waals surface area (Å²) in [4.78, 5) is 22.5. The van der Waals surface area contributed by atoms with Crippen molar-refractivity contribution in [3.05, 3.63) is 101 Å². The number of non-ortho nitro benzene ring substituents is 1. The Bertz CT molecular complexity index is 978. The van der Waals surface area contributed by atoms with Gasteiger partial charge in [0.2, 0.25) is 0 Å². The molecule has 0 saturated heterocycles. The molecule has 3 rings (SSSR count). The van der Waals surface area contributed by atoms with Gasteiger partial charge in [0.15, 0.2) is 5.78 Å². The molecule has 0 bridgehead atoms. The predicted molar refractivity (Wildman–Crippen MR) is 105 cm³/mol. The zero-order chi connectivity index (χ0) is 20.7. The number of nitro groups is 1. The molecule has 0 saturated carbocycles. The molecule has 0 N–H and O–H groups in total. The average molecular weight is 413 g/mol. The highest BCUT2D eigenvalue weighted by molar-refractivity contribution is 7.49. The van der Waals surface area contributed by atoms with Crippen molar-refractivity contribution in [1.82, 2.24) is 0 Å². The van der Waals surface area contributed by atoms with Gasteiger partial charge in [0.05, 0.1) is 4.92 Å². The lowest BCUT2D eigenvalue weighted by molar-refractivity contribution is -0.384. The second-order valence-electron chi connectivity index (χ2n) is 5.76. The Morgan fingerprint density at radius 1 is 0.828 bits per heavy atom. The molecule has 0 aliphatic carbocycles. The van der Waals surface area contributed by atoms with E-state index in [9.17, 15) is 19.5 Å². The molecule has 0 spiro atoms. The van der Waals surface area contributed by atoms with Crippen molar-refractivity contribution in [2.24, 2.45) is 0 Å². The Morgan fingerprint density at radius 3 is 1.76 bits per heavy atom. The first-order valence-corrected chi connectivity index (χ1v) is 9.93. The number of hydrogen-bond donors (Lipinski definition) is 0. The number of nitro benzene ring substituents is 1. The van der Waals surface area contributed by atoms with Gasteiger partial charge in [-0.15, -0.1) is 0 Å². The van der Waals surface area contributed by atoms with Gasteiger partial charge in [0.25, 0.3) is 5.69 Å². The Labute approximate surface area is 166 Å². The molecule has 29 heavy (non-hydrogen) atoms. The minimum atomic E-state index is -4.19. The summed E-state index contributed by atoms with van der Waals surface area (Å²) in [7, 11) is -4.19. The van der Waals surface area contributed by atoms with Crippen LogP contribution >= 0.6 is 7.82 Å². The number of Topliss-reactive ketones (excluding diaryl/α,β-unsaturated/α-hetero) is 1. The Morgan fingerprint density at radius 2 is 1.31 bits per heavy atom.